The highest BCUT2D eigenvalue weighted by Crippen LogP contribution is 2.17. The molecule has 1 N–H and O–H groups in total. The van der Waals surface area contributed by atoms with Crippen molar-refractivity contribution in [3.63, 3.8) is 0 Å². The van der Waals surface area contributed by atoms with Crippen molar-refractivity contribution in [3.8, 4) is 0 Å². The molecule has 0 aromatic carbocycles. The summed E-state index contributed by atoms with van der Waals surface area (Å²) in [6.45, 7) is 12.8. The minimum atomic E-state index is 0.667. The smallest absolute Gasteiger partial charge is 0.0246 e. The molecule has 0 aliphatic carbocycles. The van der Waals surface area contributed by atoms with E-state index < -0.39 is 0 Å². The Morgan fingerprint density at radius 2 is 2.15 bits per heavy atom. The highest BCUT2D eigenvalue weighted by molar-refractivity contribution is 4.86. The fourth-order valence-corrected chi connectivity index (χ4v) is 2.20. The molecular formula is C11H24N2. The van der Waals surface area contributed by atoms with E-state index >= 15 is 0 Å². The van der Waals surface area contributed by atoms with E-state index in [-0.39, 0.29) is 0 Å². The molecule has 13 heavy (non-hydrogen) atoms. The molecule has 0 bridgehead atoms. The number of rotatable bonds is 3. The molecule has 2 heteroatoms. The van der Waals surface area contributed by atoms with E-state index in [4.69, 9.17) is 0 Å². The van der Waals surface area contributed by atoms with Crippen molar-refractivity contribution in [1.29, 1.82) is 0 Å². The van der Waals surface area contributed by atoms with Crippen LogP contribution in [0.4, 0.5) is 0 Å². The number of piperazine rings is 1. The van der Waals surface area contributed by atoms with Crippen molar-refractivity contribution in [1.82, 2.24) is 10.2 Å². The maximum absolute atomic E-state index is 3.57. The van der Waals surface area contributed by atoms with Gasteiger partial charge in [0.25, 0.3) is 0 Å². The van der Waals surface area contributed by atoms with Crippen LogP contribution >= 0.6 is 0 Å². The first kappa shape index (κ1) is 11.0. The second-order valence-corrected chi connectivity index (χ2v) is 4.35. The zero-order valence-corrected chi connectivity index (χ0v) is 9.51. The van der Waals surface area contributed by atoms with Gasteiger partial charge in [0.15, 0.2) is 0 Å². The molecule has 1 rings (SSSR count). The normalized spacial score (nSPS) is 33.2. The summed E-state index contributed by atoms with van der Waals surface area (Å²) >= 11 is 0. The summed E-state index contributed by atoms with van der Waals surface area (Å²) in [7, 11) is 0. The fourth-order valence-electron chi connectivity index (χ4n) is 2.20. The highest BCUT2D eigenvalue weighted by Gasteiger charge is 2.27. The van der Waals surface area contributed by atoms with Crippen LogP contribution in [0.25, 0.3) is 0 Å². The zero-order chi connectivity index (χ0) is 9.84. The summed E-state index contributed by atoms with van der Waals surface area (Å²) in [5.74, 6) is 0.819. The molecule has 0 saturated carbocycles. The van der Waals surface area contributed by atoms with Crippen LogP contribution in [0.2, 0.25) is 0 Å². The average molecular weight is 184 g/mol. The monoisotopic (exact) mass is 184 g/mol. The van der Waals surface area contributed by atoms with Crippen LogP contribution in [-0.2, 0) is 0 Å². The second kappa shape index (κ2) is 4.97. The Morgan fingerprint density at radius 1 is 1.46 bits per heavy atom. The van der Waals surface area contributed by atoms with Gasteiger partial charge in [0.2, 0.25) is 0 Å². The van der Waals surface area contributed by atoms with Crippen molar-refractivity contribution in [3.05, 3.63) is 0 Å². The van der Waals surface area contributed by atoms with Gasteiger partial charge in [0, 0.05) is 25.2 Å². The summed E-state index contributed by atoms with van der Waals surface area (Å²) < 4.78 is 0. The van der Waals surface area contributed by atoms with E-state index in [0.29, 0.717) is 6.04 Å². The van der Waals surface area contributed by atoms with Gasteiger partial charge in [-0.1, -0.05) is 27.2 Å². The summed E-state index contributed by atoms with van der Waals surface area (Å²) in [5, 5.41) is 3.57. The lowest BCUT2D eigenvalue weighted by Gasteiger charge is -2.41. The molecule has 1 heterocycles. The van der Waals surface area contributed by atoms with E-state index in [2.05, 4.69) is 37.9 Å². The Balaban J connectivity index is 2.52. The third kappa shape index (κ3) is 2.68. The lowest BCUT2D eigenvalue weighted by molar-refractivity contribution is 0.102. The van der Waals surface area contributed by atoms with Gasteiger partial charge in [-0.05, 0) is 19.4 Å². The third-order valence-corrected chi connectivity index (χ3v) is 3.36. The standard InChI is InChI=1S/C11H24N2/c1-5-9(3)11-7-12-10(4)8-13(11)6-2/h9-12H,5-8H2,1-4H3. The molecule has 0 spiro atoms. The molecule has 1 fully saturated rings. The van der Waals surface area contributed by atoms with Crippen LogP contribution in [0, 0.1) is 5.92 Å². The Morgan fingerprint density at radius 3 is 2.69 bits per heavy atom. The predicted octanol–water partition coefficient (Wildman–Crippen LogP) is 1.71. The molecule has 3 unspecified atom stereocenters. The molecule has 2 nitrogen and oxygen atoms in total. The molecule has 0 aromatic rings. The van der Waals surface area contributed by atoms with Gasteiger partial charge in [-0.2, -0.15) is 0 Å². The predicted molar refractivity (Wildman–Crippen MR) is 58.0 cm³/mol. The van der Waals surface area contributed by atoms with Gasteiger partial charge >= 0.3 is 0 Å². The number of likely N-dealkylation sites (N-methyl/N-ethyl adjacent to an activating group) is 1. The van der Waals surface area contributed by atoms with Gasteiger partial charge in [-0.3, -0.25) is 4.90 Å². The third-order valence-electron chi connectivity index (χ3n) is 3.36. The average Bonchev–Trinajstić information content (AvgIpc) is 2.16. The maximum Gasteiger partial charge on any atom is 0.0246 e. The highest BCUT2D eigenvalue weighted by atomic mass is 15.2. The van der Waals surface area contributed by atoms with E-state index in [0.717, 1.165) is 12.0 Å². The van der Waals surface area contributed by atoms with Crippen LogP contribution in [0.3, 0.4) is 0 Å². The molecular weight excluding hydrogens is 160 g/mol. The number of nitrogens with one attached hydrogen (secondary N) is 1. The molecule has 1 aliphatic rings. The first-order valence-corrected chi connectivity index (χ1v) is 5.66. The largest absolute Gasteiger partial charge is 0.311 e. The molecule has 1 saturated heterocycles. The second-order valence-electron chi connectivity index (χ2n) is 4.35. The van der Waals surface area contributed by atoms with Crippen molar-refractivity contribution < 1.29 is 0 Å². The molecule has 0 radical (unpaired) electrons. The summed E-state index contributed by atoms with van der Waals surface area (Å²) in [6.07, 6.45) is 1.29. The maximum atomic E-state index is 3.57. The van der Waals surface area contributed by atoms with E-state index in [1.54, 1.807) is 0 Å². The van der Waals surface area contributed by atoms with Crippen molar-refractivity contribution in [2.24, 2.45) is 5.92 Å². The Bertz CT molecular complexity index is 147. The van der Waals surface area contributed by atoms with Crippen LogP contribution in [0.1, 0.15) is 34.1 Å². The van der Waals surface area contributed by atoms with Crippen LogP contribution in [0.5, 0.6) is 0 Å². The van der Waals surface area contributed by atoms with Gasteiger partial charge in [0.05, 0.1) is 0 Å². The van der Waals surface area contributed by atoms with Crippen molar-refractivity contribution in [2.75, 3.05) is 19.6 Å². The minimum Gasteiger partial charge on any atom is -0.311 e. The van der Waals surface area contributed by atoms with Gasteiger partial charge in [-0.15, -0.1) is 0 Å². The number of nitrogens with zero attached hydrogens (tertiary/aromatic N) is 1. The number of hydrogen-bond donors (Lipinski definition) is 1. The Labute approximate surface area is 82.7 Å². The first-order chi connectivity index (χ1) is 6.19. The molecule has 1 aliphatic heterocycles. The van der Waals surface area contributed by atoms with Gasteiger partial charge < -0.3 is 5.32 Å². The lowest BCUT2D eigenvalue weighted by atomic mass is 9.95. The summed E-state index contributed by atoms with van der Waals surface area (Å²) in [4.78, 5) is 2.62. The van der Waals surface area contributed by atoms with E-state index in [1.807, 2.05) is 0 Å². The molecule has 0 amide bonds. The topological polar surface area (TPSA) is 15.3 Å². The van der Waals surface area contributed by atoms with Crippen molar-refractivity contribution >= 4 is 0 Å². The van der Waals surface area contributed by atoms with E-state index in [9.17, 15) is 0 Å². The Kier molecular flexibility index (Phi) is 4.20. The SMILES string of the molecule is CCC(C)C1CNC(C)CN1CC. The van der Waals surface area contributed by atoms with Crippen LogP contribution in [-0.4, -0.2) is 36.6 Å². The van der Waals surface area contributed by atoms with Gasteiger partial charge in [-0.25, -0.2) is 0 Å². The quantitative estimate of drug-likeness (QED) is 0.718. The van der Waals surface area contributed by atoms with Gasteiger partial charge in [0.1, 0.15) is 0 Å². The van der Waals surface area contributed by atoms with Crippen LogP contribution in [0.15, 0.2) is 0 Å². The summed E-state index contributed by atoms with van der Waals surface area (Å²) in [5.41, 5.74) is 0. The zero-order valence-electron chi connectivity index (χ0n) is 9.51. The number of hydrogen-bond acceptors (Lipinski definition) is 2. The lowest BCUT2D eigenvalue weighted by Crippen LogP contribution is -2.57. The molecule has 0 aromatic heterocycles. The fraction of sp³-hybridized carbons (Fsp3) is 1.00. The van der Waals surface area contributed by atoms with Crippen molar-refractivity contribution in [2.45, 2.75) is 46.2 Å². The molecule has 3 atom stereocenters. The minimum absolute atomic E-state index is 0.667. The Hall–Kier alpha value is -0.0800. The summed E-state index contributed by atoms with van der Waals surface area (Å²) in [6, 6.07) is 1.42. The molecule has 78 valence electrons. The van der Waals surface area contributed by atoms with Crippen LogP contribution < -0.4 is 5.32 Å². The van der Waals surface area contributed by atoms with E-state index in [1.165, 1.54) is 26.1 Å². The first-order valence-electron chi connectivity index (χ1n) is 5.66.